The normalized spacial score (nSPS) is 10.3. The maximum Gasteiger partial charge on any atom is 0.225 e. The molecule has 0 fully saturated rings. The Labute approximate surface area is 113 Å². The zero-order valence-corrected chi connectivity index (χ0v) is 11.6. The summed E-state index contributed by atoms with van der Waals surface area (Å²) in [5.41, 5.74) is 2.20. The van der Waals surface area contributed by atoms with E-state index in [0.717, 1.165) is 24.3 Å². The van der Waals surface area contributed by atoms with E-state index < -0.39 is 0 Å². The number of hydrogen-bond donors (Lipinski definition) is 1. The van der Waals surface area contributed by atoms with Gasteiger partial charge in [0.1, 0.15) is 5.75 Å². The summed E-state index contributed by atoms with van der Waals surface area (Å²) in [6, 6.07) is 9.95. The van der Waals surface area contributed by atoms with Gasteiger partial charge in [-0.3, -0.25) is 0 Å². The van der Waals surface area contributed by atoms with Gasteiger partial charge in [0.2, 0.25) is 11.8 Å². The molecule has 1 heterocycles. The SMILES string of the molecule is CCCc1ccc(Oc2cc(C)nc(NC)n2)cc1. The second-order valence-electron chi connectivity index (χ2n) is 4.42. The van der Waals surface area contributed by atoms with Gasteiger partial charge in [-0.1, -0.05) is 25.5 Å². The summed E-state index contributed by atoms with van der Waals surface area (Å²) >= 11 is 0. The summed E-state index contributed by atoms with van der Waals surface area (Å²) in [6.07, 6.45) is 2.24. The average Bonchev–Trinajstić information content (AvgIpc) is 2.40. The molecule has 2 aromatic rings. The predicted molar refractivity (Wildman–Crippen MR) is 76.8 cm³/mol. The molecular weight excluding hydrogens is 238 g/mol. The standard InChI is InChI=1S/C15H19N3O/c1-4-5-12-6-8-13(9-7-12)19-14-10-11(2)17-15(16-3)18-14/h6-10H,4-5H2,1-3H3,(H,16,17,18). The van der Waals surface area contributed by atoms with Crippen LogP contribution in [0.25, 0.3) is 0 Å². The fourth-order valence-corrected chi connectivity index (χ4v) is 1.84. The Hall–Kier alpha value is -2.10. The second-order valence-corrected chi connectivity index (χ2v) is 4.42. The zero-order chi connectivity index (χ0) is 13.7. The summed E-state index contributed by atoms with van der Waals surface area (Å²) < 4.78 is 5.74. The van der Waals surface area contributed by atoms with Crippen LogP contribution < -0.4 is 10.1 Å². The summed E-state index contributed by atoms with van der Waals surface area (Å²) in [4.78, 5) is 8.49. The van der Waals surface area contributed by atoms with Crippen molar-refractivity contribution in [2.75, 3.05) is 12.4 Å². The highest BCUT2D eigenvalue weighted by Gasteiger charge is 2.03. The van der Waals surface area contributed by atoms with E-state index in [1.54, 1.807) is 7.05 Å². The first-order chi connectivity index (χ1) is 9.21. The molecular formula is C15H19N3O. The Morgan fingerprint density at radius 1 is 1.16 bits per heavy atom. The van der Waals surface area contributed by atoms with Gasteiger partial charge in [-0.15, -0.1) is 0 Å². The quantitative estimate of drug-likeness (QED) is 0.889. The van der Waals surface area contributed by atoms with E-state index in [-0.39, 0.29) is 0 Å². The molecule has 0 aliphatic rings. The third-order valence-electron chi connectivity index (χ3n) is 2.74. The number of nitrogens with zero attached hydrogens (tertiary/aromatic N) is 2. The molecule has 100 valence electrons. The van der Waals surface area contributed by atoms with E-state index in [9.17, 15) is 0 Å². The Morgan fingerprint density at radius 3 is 2.53 bits per heavy atom. The minimum Gasteiger partial charge on any atom is -0.439 e. The van der Waals surface area contributed by atoms with Crippen molar-refractivity contribution in [2.45, 2.75) is 26.7 Å². The lowest BCUT2D eigenvalue weighted by atomic mass is 10.1. The Morgan fingerprint density at radius 2 is 1.89 bits per heavy atom. The highest BCUT2D eigenvalue weighted by molar-refractivity contribution is 5.34. The molecule has 0 aliphatic carbocycles. The number of aryl methyl sites for hydroxylation is 2. The van der Waals surface area contributed by atoms with E-state index in [0.29, 0.717) is 11.8 Å². The van der Waals surface area contributed by atoms with Gasteiger partial charge in [-0.2, -0.15) is 4.98 Å². The predicted octanol–water partition coefficient (Wildman–Crippen LogP) is 3.57. The van der Waals surface area contributed by atoms with Crippen LogP contribution in [0.4, 0.5) is 5.95 Å². The molecule has 0 spiro atoms. The molecule has 0 saturated carbocycles. The van der Waals surface area contributed by atoms with Crippen molar-refractivity contribution in [3.63, 3.8) is 0 Å². The molecule has 1 aromatic heterocycles. The number of anilines is 1. The molecule has 0 atom stereocenters. The molecule has 1 aromatic carbocycles. The van der Waals surface area contributed by atoms with Crippen LogP contribution in [0.3, 0.4) is 0 Å². The number of nitrogens with one attached hydrogen (secondary N) is 1. The zero-order valence-electron chi connectivity index (χ0n) is 11.6. The third kappa shape index (κ3) is 3.68. The van der Waals surface area contributed by atoms with E-state index in [1.807, 2.05) is 25.1 Å². The number of aromatic nitrogens is 2. The van der Waals surface area contributed by atoms with Crippen LogP contribution in [0.1, 0.15) is 24.6 Å². The van der Waals surface area contributed by atoms with Crippen molar-refractivity contribution in [1.29, 1.82) is 0 Å². The Bertz CT molecular complexity index is 538. The number of ether oxygens (including phenoxy) is 1. The van der Waals surface area contributed by atoms with Crippen molar-refractivity contribution >= 4 is 5.95 Å². The first-order valence-electron chi connectivity index (χ1n) is 6.51. The highest BCUT2D eigenvalue weighted by atomic mass is 16.5. The molecule has 0 unspecified atom stereocenters. The smallest absolute Gasteiger partial charge is 0.225 e. The lowest BCUT2D eigenvalue weighted by Crippen LogP contribution is -1.99. The second kappa shape index (κ2) is 6.18. The largest absolute Gasteiger partial charge is 0.439 e. The minimum atomic E-state index is 0.556. The maximum absolute atomic E-state index is 5.74. The Balaban J connectivity index is 2.14. The molecule has 0 radical (unpaired) electrons. The maximum atomic E-state index is 5.74. The minimum absolute atomic E-state index is 0.556. The lowest BCUT2D eigenvalue weighted by molar-refractivity contribution is 0.461. The molecule has 0 amide bonds. The first-order valence-corrected chi connectivity index (χ1v) is 6.51. The van der Waals surface area contributed by atoms with Crippen molar-refractivity contribution < 1.29 is 4.74 Å². The van der Waals surface area contributed by atoms with Crippen LogP contribution in [0, 0.1) is 6.92 Å². The monoisotopic (exact) mass is 257 g/mol. The molecule has 19 heavy (non-hydrogen) atoms. The van der Waals surface area contributed by atoms with Crippen LogP contribution in [-0.2, 0) is 6.42 Å². The van der Waals surface area contributed by atoms with E-state index in [4.69, 9.17) is 4.74 Å². The Kier molecular flexibility index (Phi) is 4.34. The van der Waals surface area contributed by atoms with Crippen molar-refractivity contribution in [3.8, 4) is 11.6 Å². The third-order valence-corrected chi connectivity index (χ3v) is 2.74. The van der Waals surface area contributed by atoms with Crippen LogP contribution in [0.5, 0.6) is 11.6 Å². The fraction of sp³-hybridized carbons (Fsp3) is 0.333. The molecule has 0 saturated heterocycles. The molecule has 0 aliphatic heterocycles. The van der Waals surface area contributed by atoms with Crippen molar-refractivity contribution in [3.05, 3.63) is 41.6 Å². The number of rotatable bonds is 5. The van der Waals surface area contributed by atoms with Gasteiger partial charge in [0, 0.05) is 18.8 Å². The molecule has 0 bridgehead atoms. The van der Waals surface area contributed by atoms with Gasteiger partial charge in [0.05, 0.1) is 0 Å². The fourth-order valence-electron chi connectivity index (χ4n) is 1.84. The summed E-state index contributed by atoms with van der Waals surface area (Å²) in [5, 5.41) is 2.92. The molecule has 4 heteroatoms. The highest BCUT2D eigenvalue weighted by Crippen LogP contribution is 2.21. The van der Waals surface area contributed by atoms with Gasteiger partial charge < -0.3 is 10.1 Å². The van der Waals surface area contributed by atoms with Crippen molar-refractivity contribution in [2.24, 2.45) is 0 Å². The van der Waals surface area contributed by atoms with Gasteiger partial charge in [0.15, 0.2) is 0 Å². The summed E-state index contributed by atoms with van der Waals surface area (Å²) in [7, 11) is 1.79. The average molecular weight is 257 g/mol. The summed E-state index contributed by atoms with van der Waals surface area (Å²) in [5.74, 6) is 1.91. The lowest BCUT2D eigenvalue weighted by Gasteiger charge is -2.08. The topological polar surface area (TPSA) is 47.0 Å². The van der Waals surface area contributed by atoms with Crippen molar-refractivity contribution in [1.82, 2.24) is 9.97 Å². The summed E-state index contributed by atoms with van der Waals surface area (Å²) in [6.45, 7) is 4.09. The van der Waals surface area contributed by atoms with Crippen LogP contribution >= 0.6 is 0 Å². The molecule has 1 N–H and O–H groups in total. The first kappa shape index (κ1) is 13.3. The van der Waals surface area contributed by atoms with Gasteiger partial charge >= 0.3 is 0 Å². The molecule has 4 nitrogen and oxygen atoms in total. The van der Waals surface area contributed by atoms with E-state index in [1.165, 1.54) is 5.56 Å². The van der Waals surface area contributed by atoms with Crippen LogP contribution in [0.15, 0.2) is 30.3 Å². The van der Waals surface area contributed by atoms with E-state index in [2.05, 4.69) is 34.3 Å². The van der Waals surface area contributed by atoms with Gasteiger partial charge in [-0.25, -0.2) is 4.98 Å². The van der Waals surface area contributed by atoms with Gasteiger partial charge in [0.25, 0.3) is 0 Å². The van der Waals surface area contributed by atoms with Crippen LogP contribution in [-0.4, -0.2) is 17.0 Å². The molecule has 2 rings (SSSR count). The number of hydrogen-bond acceptors (Lipinski definition) is 4. The van der Waals surface area contributed by atoms with Gasteiger partial charge in [-0.05, 0) is 31.0 Å². The van der Waals surface area contributed by atoms with Crippen LogP contribution in [0.2, 0.25) is 0 Å². The van der Waals surface area contributed by atoms with E-state index >= 15 is 0 Å². The number of benzene rings is 1.